The molecule has 0 heterocycles. The molecule has 0 aliphatic heterocycles. The lowest BCUT2D eigenvalue weighted by Gasteiger charge is -2.09. The van der Waals surface area contributed by atoms with Crippen molar-refractivity contribution < 1.29 is 14.3 Å². The van der Waals surface area contributed by atoms with Crippen LogP contribution in [0, 0.1) is 18.3 Å². The summed E-state index contributed by atoms with van der Waals surface area (Å²) >= 11 is 0. The van der Waals surface area contributed by atoms with E-state index >= 15 is 0 Å². The molecule has 6 heteroatoms. The number of hydrogen-bond acceptors (Lipinski definition) is 4. The molecule has 2 aromatic carbocycles. The number of carbonyl (C=O) groups excluding carboxylic acids is 2. The van der Waals surface area contributed by atoms with Gasteiger partial charge in [-0.15, -0.1) is 0 Å². The first-order chi connectivity index (χ1) is 12.0. The maximum absolute atomic E-state index is 12.4. The molecule has 0 aromatic heterocycles. The third-order valence-corrected chi connectivity index (χ3v) is 3.35. The van der Waals surface area contributed by atoms with Gasteiger partial charge in [0.1, 0.15) is 17.4 Å². The Morgan fingerprint density at radius 1 is 1.20 bits per heavy atom. The summed E-state index contributed by atoms with van der Waals surface area (Å²) in [5.74, 6) is -0.782. The maximum atomic E-state index is 12.4. The Bertz CT molecular complexity index is 866. The minimum atomic E-state index is -0.614. The third-order valence-electron chi connectivity index (χ3n) is 3.35. The van der Waals surface area contributed by atoms with Crippen molar-refractivity contribution in [2.24, 2.45) is 5.73 Å². The summed E-state index contributed by atoms with van der Waals surface area (Å²) < 4.78 is 5.30. The first-order valence-corrected chi connectivity index (χ1v) is 7.50. The second-order valence-corrected chi connectivity index (χ2v) is 5.23. The molecule has 0 bridgehead atoms. The van der Waals surface area contributed by atoms with E-state index in [2.05, 4.69) is 5.32 Å². The lowest BCUT2D eigenvalue weighted by molar-refractivity contribution is -0.120. The van der Waals surface area contributed by atoms with Gasteiger partial charge in [0, 0.05) is 11.3 Å². The first-order valence-electron chi connectivity index (χ1n) is 7.50. The van der Waals surface area contributed by atoms with Crippen molar-refractivity contribution in [3.63, 3.8) is 0 Å². The molecule has 2 rings (SSSR count). The topological polar surface area (TPSA) is 105 Å². The van der Waals surface area contributed by atoms with Crippen molar-refractivity contribution in [2.45, 2.75) is 6.92 Å². The van der Waals surface area contributed by atoms with E-state index in [-0.39, 0.29) is 12.2 Å². The number of primary amides is 1. The van der Waals surface area contributed by atoms with Crippen LogP contribution in [0.1, 0.15) is 11.1 Å². The van der Waals surface area contributed by atoms with Crippen molar-refractivity contribution in [3.05, 3.63) is 65.2 Å². The number of amides is 2. The molecule has 0 aliphatic carbocycles. The average molecular weight is 335 g/mol. The Morgan fingerprint density at radius 2 is 1.88 bits per heavy atom. The normalized spacial score (nSPS) is 10.6. The quantitative estimate of drug-likeness (QED) is 0.624. The number of aryl methyl sites for hydroxylation is 1. The Hall–Kier alpha value is -3.59. The number of hydrogen-bond donors (Lipinski definition) is 2. The lowest BCUT2D eigenvalue weighted by atomic mass is 10.1. The van der Waals surface area contributed by atoms with Crippen LogP contribution in [0.3, 0.4) is 0 Å². The molecule has 126 valence electrons. The number of nitrogens with one attached hydrogen (secondary N) is 1. The van der Waals surface area contributed by atoms with Crippen molar-refractivity contribution in [2.75, 3.05) is 11.9 Å². The van der Waals surface area contributed by atoms with Gasteiger partial charge in [-0.25, -0.2) is 0 Å². The molecule has 0 fully saturated rings. The largest absolute Gasteiger partial charge is 0.483 e. The van der Waals surface area contributed by atoms with Gasteiger partial charge in [0.2, 0.25) is 0 Å². The van der Waals surface area contributed by atoms with E-state index in [1.165, 1.54) is 6.08 Å². The van der Waals surface area contributed by atoms with Gasteiger partial charge >= 0.3 is 0 Å². The number of rotatable bonds is 6. The van der Waals surface area contributed by atoms with E-state index in [0.717, 1.165) is 5.56 Å². The summed E-state index contributed by atoms with van der Waals surface area (Å²) in [6.07, 6.45) is 1.41. The van der Waals surface area contributed by atoms with Crippen LogP contribution >= 0.6 is 0 Å². The van der Waals surface area contributed by atoms with E-state index in [0.29, 0.717) is 17.0 Å². The van der Waals surface area contributed by atoms with E-state index in [9.17, 15) is 14.9 Å². The van der Waals surface area contributed by atoms with Crippen LogP contribution in [-0.2, 0) is 9.59 Å². The third kappa shape index (κ3) is 4.94. The predicted molar refractivity (Wildman–Crippen MR) is 94.5 cm³/mol. The van der Waals surface area contributed by atoms with Crippen LogP contribution in [0.25, 0.3) is 6.08 Å². The van der Waals surface area contributed by atoms with Gasteiger partial charge < -0.3 is 15.8 Å². The number of nitrogens with two attached hydrogens (primary N) is 1. The Balaban J connectivity index is 2.25. The zero-order valence-electron chi connectivity index (χ0n) is 13.7. The van der Waals surface area contributed by atoms with Gasteiger partial charge in [-0.2, -0.15) is 5.26 Å². The predicted octanol–water partition coefficient (Wildman–Crippen LogP) is 2.40. The van der Waals surface area contributed by atoms with Gasteiger partial charge in [0.25, 0.3) is 11.8 Å². The Kier molecular flexibility index (Phi) is 5.91. The molecular weight excluding hydrogens is 318 g/mol. The number of anilines is 1. The summed E-state index contributed by atoms with van der Waals surface area (Å²) in [6.45, 7) is 1.57. The highest BCUT2D eigenvalue weighted by Gasteiger charge is 2.12. The minimum Gasteiger partial charge on any atom is -0.483 e. The van der Waals surface area contributed by atoms with Gasteiger partial charge in [0.15, 0.2) is 6.61 Å². The van der Waals surface area contributed by atoms with Crippen LogP contribution in [0.5, 0.6) is 5.75 Å². The molecule has 2 aromatic rings. The second kappa shape index (κ2) is 8.31. The first kappa shape index (κ1) is 17.8. The van der Waals surface area contributed by atoms with E-state index in [1.807, 2.05) is 25.1 Å². The fourth-order valence-electron chi connectivity index (χ4n) is 2.09. The number of para-hydroxylation sites is 2. The van der Waals surface area contributed by atoms with Gasteiger partial charge in [0.05, 0.1) is 0 Å². The standard InChI is InChI=1S/C19H17N3O3/c1-13-6-2-4-8-16(13)22-19(24)15(11-20)10-14-7-3-5-9-17(14)25-12-18(21)23/h2-10H,12H2,1H3,(H2,21,23)(H,22,24)/b15-10+. The highest BCUT2D eigenvalue weighted by atomic mass is 16.5. The lowest BCUT2D eigenvalue weighted by Crippen LogP contribution is -2.20. The molecule has 0 radical (unpaired) electrons. The van der Waals surface area contributed by atoms with E-state index in [4.69, 9.17) is 10.5 Å². The summed E-state index contributed by atoms with van der Waals surface area (Å²) in [5.41, 5.74) is 7.00. The molecule has 0 unspecified atom stereocenters. The van der Waals surface area contributed by atoms with Crippen molar-refractivity contribution in [1.29, 1.82) is 5.26 Å². The Morgan fingerprint density at radius 3 is 2.56 bits per heavy atom. The number of carbonyl (C=O) groups is 2. The summed E-state index contributed by atoms with van der Waals surface area (Å²) in [6, 6.07) is 15.9. The molecular formula is C19H17N3O3. The van der Waals surface area contributed by atoms with Crippen LogP contribution in [0.15, 0.2) is 54.1 Å². The molecule has 0 aliphatic rings. The molecule has 3 N–H and O–H groups in total. The SMILES string of the molecule is Cc1ccccc1NC(=O)/C(C#N)=C/c1ccccc1OCC(N)=O. The summed E-state index contributed by atoms with van der Waals surface area (Å²) in [4.78, 5) is 23.2. The Labute approximate surface area is 145 Å². The van der Waals surface area contributed by atoms with E-state index < -0.39 is 11.8 Å². The number of ether oxygens (including phenoxy) is 1. The average Bonchev–Trinajstić information content (AvgIpc) is 2.60. The molecule has 2 amide bonds. The van der Waals surface area contributed by atoms with Gasteiger partial charge in [-0.05, 0) is 30.7 Å². The molecule has 25 heavy (non-hydrogen) atoms. The van der Waals surface area contributed by atoms with Crippen LogP contribution in [-0.4, -0.2) is 18.4 Å². The molecule has 0 saturated heterocycles. The number of benzene rings is 2. The molecule has 0 spiro atoms. The zero-order chi connectivity index (χ0) is 18.2. The molecule has 6 nitrogen and oxygen atoms in total. The monoisotopic (exact) mass is 335 g/mol. The van der Waals surface area contributed by atoms with Crippen LogP contribution in [0.4, 0.5) is 5.69 Å². The van der Waals surface area contributed by atoms with Crippen molar-refractivity contribution in [1.82, 2.24) is 0 Å². The smallest absolute Gasteiger partial charge is 0.266 e. The fourth-order valence-corrected chi connectivity index (χ4v) is 2.09. The van der Waals surface area contributed by atoms with Gasteiger partial charge in [-0.1, -0.05) is 36.4 Å². The van der Waals surface area contributed by atoms with Crippen molar-refractivity contribution in [3.8, 4) is 11.8 Å². The molecule has 0 atom stereocenters. The van der Waals surface area contributed by atoms with Crippen LogP contribution in [0.2, 0.25) is 0 Å². The highest BCUT2D eigenvalue weighted by molar-refractivity contribution is 6.10. The number of nitriles is 1. The minimum absolute atomic E-state index is 0.0848. The highest BCUT2D eigenvalue weighted by Crippen LogP contribution is 2.22. The van der Waals surface area contributed by atoms with Gasteiger partial charge in [-0.3, -0.25) is 9.59 Å². The zero-order valence-corrected chi connectivity index (χ0v) is 13.7. The summed E-state index contributed by atoms with van der Waals surface area (Å²) in [5, 5.41) is 12.0. The van der Waals surface area contributed by atoms with Crippen LogP contribution < -0.4 is 15.8 Å². The van der Waals surface area contributed by atoms with E-state index in [1.54, 1.807) is 36.4 Å². The molecule has 0 saturated carbocycles. The second-order valence-electron chi connectivity index (χ2n) is 5.23. The fraction of sp³-hybridized carbons (Fsp3) is 0.105. The van der Waals surface area contributed by atoms with Crippen molar-refractivity contribution >= 4 is 23.6 Å². The maximum Gasteiger partial charge on any atom is 0.266 e. The summed E-state index contributed by atoms with van der Waals surface area (Å²) in [7, 11) is 0. The number of nitrogens with zero attached hydrogens (tertiary/aromatic N) is 1.